The molecule has 0 amide bonds. The second-order valence-electron chi connectivity index (χ2n) is 4.22. The Labute approximate surface area is 139 Å². The lowest BCUT2D eigenvalue weighted by molar-refractivity contribution is 0.162. The summed E-state index contributed by atoms with van der Waals surface area (Å²) in [7, 11) is -3.15. The van der Waals surface area contributed by atoms with Gasteiger partial charge in [-0.05, 0) is 0 Å². The van der Waals surface area contributed by atoms with Crippen molar-refractivity contribution in [3.8, 4) is 0 Å². The molecule has 0 saturated carbocycles. The van der Waals surface area contributed by atoms with E-state index in [-0.39, 0.29) is 24.7 Å². The number of hydrogen-bond acceptors (Lipinski definition) is 7. The largest absolute Gasteiger partial charge is 0.395 e. The SMILES string of the molecule is O=S(CCO)CCOCCS(=O)CCOCCS(=O)CCO. The Bertz CT molecular complexity index is 309. The summed E-state index contributed by atoms with van der Waals surface area (Å²) >= 11 is 0. The van der Waals surface area contributed by atoms with Gasteiger partial charge in [0.1, 0.15) is 0 Å². The first-order chi connectivity index (χ1) is 10.6. The predicted molar refractivity (Wildman–Crippen MR) is 89.4 cm³/mol. The third-order valence-electron chi connectivity index (χ3n) is 2.46. The lowest BCUT2D eigenvalue weighted by Crippen LogP contribution is -2.17. The normalized spacial score (nSPS) is 15.5. The average molecular weight is 379 g/mol. The van der Waals surface area contributed by atoms with Crippen molar-refractivity contribution in [2.24, 2.45) is 0 Å². The van der Waals surface area contributed by atoms with E-state index in [2.05, 4.69) is 0 Å². The smallest absolute Gasteiger partial charge is 0.0582 e. The molecule has 2 N–H and O–H groups in total. The van der Waals surface area contributed by atoms with Gasteiger partial charge in [0.15, 0.2) is 0 Å². The van der Waals surface area contributed by atoms with Crippen LogP contribution in [-0.4, -0.2) is 97.0 Å². The maximum absolute atomic E-state index is 11.6. The minimum Gasteiger partial charge on any atom is -0.395 e. The van der Waals surface area contributed by atoms with Gasteiger partial charge in [-0.2, -0.15) is 0 Å². The van der Waals surface area contributed by atoms with Crippen LogP contribution in [0.1, 0.15) is 0 Å². The molecule has 134 valence electrons. The van der Waals surface area contributed by atoms with Gasteiger partial charge in [-0.25, -0.2) is 0 Å². The van der Waals surface area contributed by atoms with Crippen molar-refractivity contribution < 1.29 is 32.3 Å². The summed E-state index contributed by atoms with van der Waals surface area (Å²) in [5.74, 6) is 2.06. The molecule has 0 radical (unpaired) electrons. The van der Waals surface area contributed by atoms with Crippen molar-refractivity contribution in [2.45, 2.75) is 0 Å². The van der Waals surface area contributed by atoms with Crippen LogP contribution in [0.2, 0.25) is 0 Å². The predicted octanol–water partition coefficient (Wildman–Crippen LogP) is -1.75. The molecule has 2 atom stereocenters. The van der Waals surface area contributed by atoms with Crippen molar-refractivity contribution in [2.75, 3.05) is 74.2 Å². The van der Waals surface area contributed by atoms with Gasteiger partial charge >= 0.3 is 0 Å². The fourth-order valence-electron chi connectivity index (χ4n) is 1.32. The molecule has 0 heterocycles. The van der Waals surface area contributed by atoms with Crippen LogP contribution < -0.4 is 0 Å². The highest BCUT2D eigenvalue weighted by atomic mass is 32.2. The fraction of sp³-hybridized carbons (Fsp3) is 1.00. The van der Waals surface area contributed by atoms with E-state index in [1.54, 1.807) is 0 Å². The van der Waals surface area contributed by atoms with Crippen LogP contribution in [0.3, 0.4) is 0 Å². The summed E-state index contributed by atoms with van der Waals surface area (Å²) in [6, 6.07) is 0. The topological polar surface area (TPSA) is 110 Å². The Morgan fingerprint density at radius 3 is 1.09 bits per heavy atom. The van der Waals surface area contributed by atoms with Gasteiger partial charge in [-0.1, -0.05) is 0 Å². The number of aliphatic hydroxyl groups excluding tert-OH is 2. The Hall–Kier alpha value is 0.290. The molecule has 0 aromatic rings. The second kappa shape index (κ2) is 16.2. The molecule has 0 aliphatic rings. The fourth-order valence-corrected chi connectivity index (χ4v) is 3.56. The summed E-state index contributed by atoms with van der Waals surface area (Å²) in [5.41, 5.74) is 0. The van der Waals surface area contributed by atoms with E-state index in [4.69, 9.17) is 19.7 Å². The summed E-state index contributed by atoms with van der Waals surface area (Å²) in [4.78, 5) is 0. The molecular formula is C12H26O7S3. The molecule has 0 aliphatic carbocycles. The third kappa shape index (κ3) is 15.2. The van der Waals surface area contributed by atoms with Gasteiger partial charge in [0, 0.05) is 66.9 Å². The van der Waals surface area contributed by atoms with E-state index in [0.717, 1.165) is 0 Å². The van der Waals surface area contributed by atoms with E-state index in [0.29, 0.717) is 49.4 Å². The minimum absolute atomic E-state index is 0.0930. The van der Waals surface area contributed by atoms with Crippen LogP contribution in [0.15, 0.2) is 0 Å². The van der Waals surface area contributed by atoms with E-state index < -0.39 is 32.4 Å². The van der Waals surface area contributed by atoms with Gasteiger partial charge in [0.25, 0.3) is 0 Å². The van der Waals surface area contributed by atoms with Crippen molar-refractivity contribution in [3.05, 3.63) is 0 Å². The zero-order valence-corrected chi connectivity index (χ0v) is 15.1. The van der Waals surface area contributed by atoms with Crippen LogP contribution in [0, 0.1) is 0 Å². The van der Waals surface area contributed by atoms with Gasteiger partial charge in [0.2, 0.25) is 0 Å². The first kappa shape index (κ1) is 22.3. The molecule has 0 fully saturated rings. The van der Waals surface area contributed by atoms with E-state index in [1.165, 1.54) is 0 Å². The molecule has 2 unspecified atom stereocenters. The van der Waals surface area contributed by atoms with Crippen LogP contribution in [-0.2, 0) is 41.9 Å². The summed E-state index contributed by atoms with van der Waals surface area (Å²) in [6.07, 6.45) is 0. The van der Waals surface area contributed by atoms with Crippen molar-refractivity contribution >= 4 is 32.4 Å². The van der Waals surface area contributed by atoms with E-state index in [1.807, 2.05) is 0 Å². The molecular weight excluding hydrogens is 352 g/mol. The summed E-state index contributed by atoms with van der Waals surface area (Å²) < 4.78 is 44.5. The Balaban J connectivity index is 3.36. The highest BCUT2D eigenvalue weighted by Crippen LogP contribution is 1.89. The van der Waals surface area contributed by atoms with Gasteiger partial charge in [0.05, 0.1) is 39.6 Å². The molecule has 7 nitrogen and oxygen atoms in total. The molecule has 0 spiro atoms. The maximum Gasteiger partial charge on any atom is 0.0582 e. The van der Waals surface area contributed by atoms with Crippen LogP contribution in [0.5, 0.6) is 0 Å². The number of aliphatic hydroxyl groups is 2. The monoisotopic (exact) mass is 378 g/mol. The molecule has 0 aromatic carbocycles. The van der Waals surface area contributed by atoms with Crippen molar-refractivity contribution in [3.63, 3.8) is 0 Å². The number of rotatable bonds is 16. The molecule has 10 heteroatoms. The zero-order valence-electron chi connectivity index (χ0n) is 12.6. The Kier molecular flexibility index (Phi) is 16.4. The zero-order chi connectivity index (χ0) is 16.6. The molecule has 0 bridgehead atoms. The summed E-state index contributed by atoms with van der Waals surface area (Å²) in [5, 5.41) is 17.2. The van der Waals surface area contributed by atoms with E-state index >= 15 is 0 Å². The Morgan fingerprint density at radius 1 is 0.545 bits per heavy atom. The highest BCUT2D eigenvalue weighted by molar-refractivity contribution is 7.85. The second-order valence-corrected chi connectivity index (χ2v) is 9.30. The molecule has 0 aliphatic heterocycles. The lowest BCUT2D eigenvalue weighted by Gasteiger charge is -2.06. The average Bonchev–Trinajstić information content (AvgIpc) is 2.47. The molecule has 0 rings (SSSR count). The first-order valence-electron chi connectivity index (χ1n) is 7.02. The Morgan fingerprint density at radius 2 is 0.818 bits per heavy atom. The lowest BCUT2D eigenvalue weighted by atomic mass is 10.8. The van der Waals surface area contributed by atoms with Crippen LogP contribution >= 0.6 is 0 Å². The van der Waals surface area contributed by atoms with Gasteiger partial charge in [-0.3, -0.25) is 12.6 Å². The third-order valence-corrected chi connectivity index (χ3v) is 6.22. The number of hydrogen-bond donors (Lipinski definition) is 2. The molecule has 22 heavy (non-hydrogen) atoms. The standard InChI is InChI=1S/C12H26O7S3/c13-1-7-20(15)9-3-18-5-11-22(17)12-6-19-4-10-21(16)8-2-14/h13-14H,1-12H2. The molecule has 0 aromatic heterocycles. The van der Waals surface area contributed by atoms with Crippen LogP contribution in [0.25, 0.3) is 0 Å². The van der Waals surface area contributed by atoms with Crippen molar-refractivity contribution in [1.82, 2.24) is 0 Å². The molecule has 0 saturated heterocycles. The first-order valence-corrected chi connectivity index (χ1v) is 11.5. The van der Waals surface area contributed by atoms with E-state index in [9.17, 15) is 12.6 Å². The summed E-state index contributed by atoms with van der Waals surface area (Å²) in [6.45, 7) is 1.15. The van der Waals surface area contributed by atoms with Gasteiger partial charge < -0.3 is 19.7 Å². The number of ether oxygens (including phenoxy) is 2. The van der Waals surface area contributed by atoms with Gasteiger partial charge in [-0.15, -0.1) is 0 Å². The highest BCUT2D eigenvalue weighted by Gasteiger charge is 2.03. The maximum atomic E-state index is 11.6. The van der Waals surface area contributed by atoms with Crippen LogP contribution in [0.4, 0.5) is 0 Å². The van der Waals surface area contributed by atoms with Crippen molar-refractivity contribution in [1.29, 1.82) is 0 Å². The minimum atomic E-state index is -1.06. The quantitative estimate of drug-likeness (QED) is 0.307.